The van der Waals surface area contributed by atoms with Gasteiger partial charge in [0.25, 0.3) is 0 Å². The molecule has 0 nitrogen and oxygen atoms in total. The zero-order chi connectivity index (χ0) is 25.1. The Bertz CT molecular complexity index is 1390. The van der Waals surface area contributed by atoms with Gasteiger partial charge in [0.1, 0.15) is 0 Å². The molecule has 0 N–H and O–H groups in total. The van der Waals surface area contributed by atoms with Gasteiger partial charge in [-0.1, -0.05) is 97.8 Å². The number of rotatable bonds is 2. The third kappa shape index (κ3) is 9.68. The molecular weight excluding hydrogens is 694 g/mol. The van der Waals surface area contributed by atoms with E-state index < -0.39 is 0 Å². The van der Waals surface area contributed by atoms with Crippen LogP contribution in [0.25, 0.3) is 12.2 Å². The minimum absolute atomic E-state index is 0. The van der Waals surface area contributed by atoms with E-state index in [-0.39, 0.29) is 88.7 Å². The van der Waals surface area contributed by atoms with E-state index in [1.807, 2.05) is 36.4 Å². The van der Waals surface area contributed by atoms with E-state index in [2.05, 4.69) is 98.9 Å². The van der Waals surface area contributed by atoms with Crippen LogP contribution in [0.5, 0.6) is 0 Å². The molecule has 218 valence electrons. The Morgan fingerprint density at radius 3 is 1.29 bits per heavy atom. The van der Waals surface area contributed by atoms with Crippen molar-refractivity contribution >= 4 is 46.3 Å². The van der Waals surface area contributed by atoms with Gasteiger partial charge < -0.3 is 39.7 Å². The van der Waals surface area contributed by atoms with Gasteiger partial charge in [0.05, 0.1) is 0 Å². The number of aryl methyl sites for hydroxylation is 2. The van der Waals surface area contributed by atoms with Crippen LogP contribution in [-0.4, -0.2) is 11.0 Å². The first-order valence-corrected chi connectivity index (χ1v) is 13.0. The van der Waals surface area contributed by atoms with E-state index in [0.717, 1.165) is 10.0 Å². The molecule has 6 rings (SSSR count). The standard InChI is InChI=1S/2C17H14Cl.2CH3.2ClH.Si.Zr/c2*1-12-10-13-6-2-3-7-14(16(13)11-12)15-8-4-5-9-17(15)18;;;;;;/h2*2-11,14H,1H3;2*1H3;2*1H;;/q4*-1;;;;+2/p-2. The smallest absolute Gasteiger partial charge is 1.00 e. The Morgan fingerprint density at radius 1 is 0.571 bits per heavy atom. The molecule has 0 bridgehead atoms. The molecule has 0 heterocycles. The van der Waals surface area contributed by atoms with Crippen molar-refractivity contribution in [3.05, 3.63) is 179 Å². The van der Waals surface area contributed by atoms with Crippen LogP contribution in [0.4, 0.5) is 0 Å². The maximum absolute atomic E-state index is 6.33. The summed E-state index contributed by atoms with van der Waals surface area (Å²) in [5.41, 5.74) is 10.2. The van der Waals surface area contributed by atoms with Gasteiger partial charge in [0, 0.05) is 21.0 Å². The fourth-order valence-electron chi connectivity index (χ4n) is 5.10. The largest absolute Gasteiger partial charge is 2.00 e. The van der Waals surface area contributed by atoms with E-state index in [0.29, 0.717) is 0 Å². The Labute approximate surface area is 299 Å². The van der Waals surface area contributed by atoms with E-state index in [1.54, 1.807) is 0 Å². The Kier molecular flexibility index (Phi) is 19.8. The molecule has 0 amide bonds. The van der Waals surface area contributed by atoms with Crippen LogP contribution >= 0.6 is 23.2 Å². The summed E-state index contributed by atoms with van der Waals surface area (Å²) in [7, 11) is 0. The van der Waals surface area contributed by atoms with Crippen LogP contribution in [-0.2, 0) is 26.2 Å². The molecule has 0 aliphatic heterocycles. The van der Waals surface area contributed by atoms with Crippen LogP contribution < -0.4 is 24.8 Å². The Hall–Kier alpha value is -1.64. The first kappa shape index (κ1) is 42.5. The molecule has 4 aromatic carbocycles. The van der Waals surface area contributed by atoms with Crippen molar-refractivity contribution in [1.29, 1.82) is 0 Å². The fourth-order valence-corrected chi connectivity index (χ4v) is 5.61. The molecule has 2 atom stereocenters. The fraction of sp³-hybridized carbons (Fsp3) is 0.111. The maximum atomic E-state index is 6.33. The van der Waals surface area contributed by atoms with E-state index in [4.69, 9.17) is 23.2 Å². The van der Waals surface area contributed by atoms with Gasteiger partial charge in [0.2, 0.25) is 0 Å². The van der Waals surface area contributed by atoms with Crippen molar-refractivity contribution in [3.8, 4) is 0 Å². The minimum Gasteiger partial charge on any atom is -1.00 e. The monoisotopic (exact) mass is 724 g/mol. The summed E-state index contributed by atoms with van der Waals surface area (Å²) in [6.07, 6.45) is 17.1. The molecule has 2 unspecified atom stereocenters. The molecule has 4 radical (unpaired) electrons. The number of halogens is 4. The molecule has 2 aliphatic carbocycles. The maximum Gasteiger partial charge on any atom is 2.00 e. The summed E-state index contributed by atoms with van der Waals surface area (Å²) >= 11 is 12.7. The van der Waals surface area contributed by atoms with Crippen LogP contribution in [0.15, 0.2) is 109 Å². The molecule has 0 saturated heterocycles. The van der Waals surface area contributed by atoms with Gasteiger partial charge in [-0.05, 0) is 35.1 Å². The summed E-state index contributed by atoms with van der Waals surface area (Å²) < 4.78 is 0. The summed E-state index contributed by atoms with van der Waals surface area (Å²) in [6.45, 7) is 4.27. The van der Waals surface area contributed by atoms with Crippen molar-refractivity contribution in [2.75, 3.05) is 0 Å². The summed E-state index contributed by atoms with van der Waals surface area (Å²) in [5.74, 6) is 0.495. The molecule has 0 aromatic heterocycles. The average molecular weight is 728 g/mol. The van der Waals surface area contributed by atoms with Gasteiger partial charge in [-0.15, -0.1) is 47.6 Å². The van der Waals surface area contributed by atoms with Crippen molar-refractivity contribution in [3.63, 3.8) is 0 Å². The molecule has 0 saturated carbocycles. The zero-order valence-corrected chi connectivity index (χ0v) is 30.7. The minimum atomic E-state index is 0. The first-order valence-electron chi connectivity index (χ1n) is 12.2. The first-order chi connectivity index (χ1) is 17.5. The van der Waals surface area contributed by atoms with E-state index in [9.17, 15) is 0 Å². The quantitative estimate of drug-likeness (QED) is 0.208. The summed E-state index contributed by atoms with van der Waals surface area (Å²) in [6, 6.07) is 25.1. The van der Waals surface area contributed by atoms with Gasteiger partial charge in [-0.3, -0.25) is 0 Å². The van der Waals surface area contributed by atoms with Crippen molar-refractivity contribution in [2.45, 2.75) is 25.7 Å². The van der Waals surface area contributed by atoms with Crippen LogP contribution in [0.3, 0.4) is 0 Å². The second-order valence-corrected chi connectivity index (χ2v) is 10.2. The van der Waals surface area contributed by atoms with Gasteiger partial charge in [-0.2, -0.15) is 34.4 Å². The van der Waals surface area contributed by atoms with Crippen molar-refractivity contribution in [1.82, 2.24) is 0 Å². The molecular formula is C36H34Cl4SiZr-4. The number of allylic oxidation sites excluding steroid dienone is 6. The normalized spacial score (nSPS) is 15.0. The summed E-state index contributed by atoms with van der Waals surface area (Å²) in [5, 5.41) is 1.66. The molecule has 2 aliphatic rings. The molecule has 0 spiro atoms. The number of fused-ring (bicyclic) bond motifs is 2. The summed E-state index contributed by atoms with van der Waals surface area (Å²) in [4.78, 5) is 0. The predicted octanol–water partition coefficient (Wildman–Crippen LogP) is 4.69. The van der Waals surface area contributed by atoms with Gasteiger partial charge >= 0.3 is 26.2 Å². The van der Waals surface area contributed by atoms with Crippen LogP contribution in [0.2, 0.25) is 10.0 Å². The Balaban J connectivity index is 0. The third-order valence-corrected chi connectivity index (χ3v) is 7.42. The zero-order valence-electron chi connectivity index (χ0n) is 24.2. The average Bonchev–Trinajstić information content (AvgIpc) is 3.28. The number of benzene rings is 2. The third-order valence-electron chi connectivity index (χ3n) is 6.73. The molecule has 42 heavy (non-hydrogen) atoms. The van der Waals surface area contributed by atoms with Gasteiger partial charge in [0.15, 0.2) is 0 Å². The number of hydrogen-bond acceptors (Lipinski definition) is 0. The van der Waals surface area contributed by atoms with Crippen molar-refractivity contribution in [2.24, 2.45) is 0 Å². The number of hydrogen-bond donors (Lipinski definition) is 0. The Morgan fingerprint density at radius 2 is 0.929 bits per heavy atom. The van der Waals surface area contributed by atoms with Gasteiger partial charge in [-0.25, -0.2) is 0 Å². The predicted molar refractivity (Wildman–Crippen MR) is 175 cm³/mol. The topological polar surface area (TPSA) is 0 Å². The molecule has 4 aromatic rings. The van der Waals surface area contributed by atoms with E-state index >= 15 is 0 Å². The van der Waals surface area contributed by atoms with Crippen molar-refractivity contribution < 1.29 is 51.0 Å². The second-order valence-electron chi connectivity index (χ2n) is 9.37. The molecule has 0 fully saturated rings. The van der Waals surface area contributed by atoms with Crippen LogP contribution in [0.1, 0.15) is 56.3 Å². The SMILES string of the molecule is Cc1cc2c([cH-]1)C=CC=CC2c1ccccc1Cl.Cc1cc2c([cH-]1)C=CC=CC2c1ccccc1Cl.[CH3-].[CH3-].[Cl-].[Cl-].[Si].[Zr+2]. The second kappa shape index (κ2) is 19.6. The molecule has 6 heteroatoms. The van der Waals surface area contributed by atoms with E-state index in [1.165, 1.54) is 44.5 Å². The van der Waals surface area contributed by atoms with Crippen LogP contribution in [0, 0.1) is 28.7 Å².